The summed E-state index contributed by atoms with van der Waals surface area (Å²) in [5, 5.41) is 12.5. The van der Waals surface area contributed by atoms with Gasteiger partial charge in [0, 0.05) is 28.7 Å². The predicted molar refractivity (Wildman–Crippen MR) is 133 cm³/mol. The van der Waals surface area contributed by atoms with Gasteiger partial charge in [-0.15, -0.1) is 0 Å². The molecule has 2 fully saturated rings. The first kappa shape index (κ1) is 22.0. The third kappa shape index (κ3) is 3.17. The maximum absolute atomic E-state index is 14.0. The van der Waals surface area contributed by atoms with E-state index >= 15 is 0 Å². The highest BCUT2D eigenvalue weighted by molar-refractivity contribution is 6.24. The van der Waals surface area contributed by atoms with E-state index in [2.05, 4.69) is 31.8 Å². The number of nitro benzene ring substituents is 1. The van der Waals surface area contributed by atoms with Crippen LogP contribution in [-0.2, 0) is 9.59 Å². The summed E-state index contributed by atoms with van der Waals surface area (Å²) in [6.07, 6.45) is 2.98. The van der Waals surface area contributed by atoms with Crippen LogP contribution in [0.4, 0.5) is 11.4 Å². The number of imide groups is 1. The van der Waals surface area contributed by atoms with Crippen molar-refractivity contribution in [1.82, 2.24) is 4.98 Å². The van der Waals surface area contributed by atoms with E-state index in [4.69, 9.17) is 0 Å². The normalized spacial score (nSPS) is 28.1. The number of amides is 2. The van der Waals surface area contributed by atoms with Crippen molar-refractivity contribution >= 4 is 34.1 Å². The van der Waals surface area contributed by atoms with Crippen molar-refractivity contribution in [3.63, 3.8) is 0 Å². The monoisotopic (exact) mass is 471 g/mol. The Morgan fingerprint density at radius 2 is 1.80 bits per heavy atom. The van der Waals surface area contributed by atoms with Gasteiger partial charge in [0.05, 0.1) is 22.4 Å². The maximum atomic E-state index is 14.0. The van der Waals surface area contributed by atoms with Gasteiger partial charge in [-0.1, -0.05) is 45.0 Å². The van der Waals surface area contributed by atoms with E-state index in [0.29, 0.717) is 5.92 Å². The molecule has 0 spiro atoms. The molecule has 6 rings (SSSR count). The molecule has 2 amide bonds. The molecule has 3 aromatic rings. The molecule has 5 unspecified atom stereocenters. The molecule has 3 aliphatic rings. The minimum Gasteiger partial charge on any atom is -0.357 e. The molecule has 2 aromatic carbocycles. The predicted octanol–water partition coefficient (Wildman–Crippen LogP) is 5.91. The van der Waals surface area contributed by atoms with Crippen LogP contribution < -0.4 is 4.90 Å². The number of nitrogens with zero attached hydrogens (tertiary/aromatic N) is 2. The summed E-state index contributed by atoms with van der Waals surface area (Å²) in [5.41, 5.74) is 3.31. The number of aromatic amines is 1. The van der Waals surface area contributed by atoms with E-state index in [1.165, 1.54) is 28.7 Å². The van der Waals surface area contributed by atoms with Crippen molar-refractivity contribution in [2.45, 2.75) is 51.9 Å². The smallest absolute Gasteiger partial charge is 0.271 e. The molecule has 5 atom stereocenters. The van der Waals surface area contributed by atoms with Gasteiger partial charge in [-0.3, -0.25) is 19.7 Å². The summed E-state index contributed by atoms with van der Waals surface area (Å²) < 4.78 is 0. The van der Waals surface area contributed by atoms with Crippen molar-refractivity contribution in [1.29, 1.82) is 0 Å². The van der Waals surface area contributed by atoms with Gasteiger partial charge in [-0.2, -0.15) is 0 Å². The molecule has 1 saturated carbocycles. The van der Waals surface area contributed by atoms with E-state index < -0.39 is 16.8 Å². The largest absolute Gasteiger partial charge is 0.357 e. The second kappa shape index (κ2) is 7.51. The number of hydrogen-bond acceptors (Lipinski definition) is 4. The van der Waals surface area contributed by atoms with Crippen LogP contribution in [0.15, 0.2) is 48.5 Å². The standard InChI is InChI=1S/C28H29N3O4/c1-28(2,3)15-11-12-18-20(13-15)23-24(25-22(18)19-9-4-5-10-21(19)29-25)27(33)30(26(23)32)16-7-6-8-17(14-16)31(34)35/h4-10,14-15,18,20,23-24,29H,11-13H2,1-3H3. The van der Waals surface area contributed by atoms with Gasteiger partial charge in [0.25, 0.3) is 5.69 Å². The van der Waals surface area contributed by atoms with Crippen LogP contribution in [0.25, 0.3) is 10.9 Å². The Balaban J connectivity index is 1.52. The Hall–Kier alpha value is -3.48. The lowest BCUT2D eigenvalue weighted by Gasteiger charge is -2.47. The zero-order valence-corrected chi connectivity index (χ0v) is 20.2. The first-order valence-electron chi connectivity index (χ1n) is 12.4. The number of rotatable bonds is 2. The van der Waals surface area contributed by atoms with Crippen LogP contribution in [0.1, 0.15) is 63.1 Å². The summed E-state index contributed by atoms with van der Waals surface area (Å²) in [6.45, 7) is 6.77. The number of anilines is 1. The van der Waals surface area contributed by atoms with E-state index in [9.17, 15) is 19.7 Å². The van der Waals surface area contributed by atoms with Gasteiger partial charge in [0.15, 0.2) is 0 Å². The molecule has 1 saturated heterocycles. The van der Waals surface area contributed by atoms with Crippen LogP contribution in [0.2, 0.25) is 0 Å². The van der Waals surface area contributed by atoms with Crippen LogP contribution in [0, 0.1) is 33.3 Å². The highest BCUT2D eigenvalue weighted by Gasteiger charge is 2.59. The Kier molecular flexibility index (Phi) is 4.72. The van der Waals surface area contributed by atoms with Gasteiger partial charge in [-0.25, -0.2) is 4.90 Å². The lowest BCUT2D eigenvalue weighted by atomic mass is 9.56. The van der Waals surface area contributed by atoms with Gasteiger partial charge in [0.1, 0.15) is 0 Å². The number of H-pyrrole nitrogens is 1. The fourth-order valence-electron chi connectivity index (χ4n) is 7.00. The summed E-state index contributed by atoms with van der Waals surface area (Å²) >= 11 is 0. The first-order chi connectivity index (χ1) is 16.7. The quantitative estimate of drug-likeness (QED) is 0.285. The zero-order chi connectivity index (χ0) is 24.6. The van der Waals surface area contributed by atoms with E-state index in [1.807, 2.05) is 18.2 Å². The van der Waals surface area contributed by atoms with Gasteiger partial charge < -0.3 is 4.98 Å². The molecular weight excluding hydrogens is 442 g/mol. The second-order valence-corrected chi connectivity index (χ2v) is 11.4. The maximum Gasteiger partial charge on any atom is 0.271 e. The highest BCUT2D eigenvalue weighted by Crippen LogP contribution is 2.60. The van der Waals surface area contributed by atoms with E-state index in [1.54, 1.807) is 6.07 Å². The number of hydrogen-bond donors (Lipinski definition) is 1. The fourth-order valence-corrected chi connectivity index (χ4v) is 7.00. The van der Waals surface area contributed by atoms with Crippen LogP contribution >= 0.6 is 0 Å². The minimum atomic E-state index is -0.593. The molecule has 35 heavy (non-hydrogen) atoms. The SMILES string of the molecule is CC(C)(C)C1CCC2c3c([nH]c4ccccc34)C3C(=O)N(c4cccc([N+](=O)[O-])c4)C(=O)C3C2C1. The van der Waals surface area contributed by atoms with Crippen LogP contribution in [-0.4, -0.2) is 21.7 Å². The fraction of sp³-hybridized carbons (Fsp3) is 0.429. The molecule has 1 N–H and O–H groups in total. The Morgan fingerprint density at radius 1 is 1.03 bits per heavy atom. The number of non-ortho nitro benzene ring substituents is 1. The second-order valence-electron chi connectivity index (χ2n) is 11.4. The number of nitro groups is 1. The van der Waals surface area contributed by atoms with Gasteiger partial charge in [-0.05, 0) is 60.1 Å². The summed E-state index contributed by atoms with van der Waals surface area (Å²) in [6, 6.07) is 14.0. The Morgan fingerprint density at radius 3 is 2.54 bits per heavy atom. The first-order valence-corrected chi connectivity index (χ1v) is 12.4. The Bertz CT molecular complexity index is 1380. The molecule has 2 heterocycles. The molecule has 180 valence electrons. The minimum absolute atomic E-state index is 0.0600. The number of carbonyl (C=O) groups is 2. The molecular formula is C28H29N3O4. The highest BCUT2D eigenvalue weighted by atomic mass is 16.6. The molecule has 1 aromatic heterocycles. The lowest BCUT2D eigenvalue weighted by Crippen LogP contribution is -2.41. The average molecular weight is 472 g/mol. The number of fused-ring (bicyclic) bond motifs is 8. The number of aromatic nitrogens is 1. The molecule has 1 aliphatic heterocycles. The lowest BCUT2D eigenvalue weighted by molar-refractivity contribution is -0.384. The molecule has 7 heteroatoms. The summed E-state index contributed by atoms with van der Waals surface area (Å²) in [7, 11) is 0. The molecule has 0 bridgehead atoms. The van der Waals surface area contributed by atoms with Crippen molar-refractivity contribution in [2.75, 3.05) is 4.90 Å². The molecule has 2 aliphatic carbocycles. The molecule has 0 radical (unpaired) electrons. The summed E-state index contributed by atoms with van der Waals surface area (Å²) in [5.74, 6) is -0.834. The third-order valence-corrected chi connectivity index (χ3v) is 8.69. The topological polar surface area (TPSA) is 96.3 Å². The van der Waals surface area contributed by atoms with E-state index in [0.717, 1.165) is 35.9 Å². The Labute approximate surface area is 203 Å². The zero-order valence-electron chi connectivity index (χ0n) is 20.2. The number of carbonyl (C=O) groups excluding carboxylic acids is 2. The van der Waals surface area contributed by atoms with Gasteiger partial charge in [0.2, 0.25) is 11.8 Å². The third-order valence-electron chi connectivity index (χ3n) is 8.69. The number of benzene rings is 2. The van der Waals surface area contributed by atoms with E-state index in [-0.39, 0.29) is 40.4 Å². The van der Waals surface area contributed by atoms with Crippen LogP contribution in [0.5, 0.6) is 0 Å². The average Bonchev–Trinajstić information content (AvgIpc) is 3.33. The molecule has 7 nitrogen and oxygen atoms in total. The van der Waals surface area contributed by atoms with Gasteiger partial charge >= 0.3 is 0 Å². The van der Waals surface area contributed by atoms with Crippen molar-refractivity contribution in [3.8, 4) is 0 Å². The van der Waals surface area contributed by atoms with Crippen molar-refractivity contribution < 1.29 is 14.5 Å². The number of nitrogens with one attached hydrogen (secondary N) is 1. The summed E-state index contributed by atoms with van der Waals surface area (Å²) in [4.78, 5) is 43.5. The van der Waals surface area contributed by atoms with Crippen molar-refractivity contribution in [3.05, 3.63) is 69.9 Å². The number of para-hydroxylation sites is 1. The van der Waals surface area contributed by atoms with Crippen LogP contribution in [0.3, 0.4) is 0 Å². The van der Waals surface area contributed by atoms with Crippen molar-refractivity contribution in [2.24, 2.45) is 23.2 Å².